The van der Waals surface area contributed by atoms with Crippen LogP contribution in [0.2, 0.25) is 0 Å². The average molecular weight is 269 g/mol. The maximum atomic E-state index is 8.93. The van der Waals surface area contributed by atoms with Crippen LogP contribution in [0.1, 0.15) is 23.9 Å². The Morgan fingerprint density at radius 1 is 1.30 bits per heavy atom. The van der Waals surface area contributed by atoms with Crippen LogP contribution in [0.15, 0.2) is 52.0 Å². The Hall–Kier alpha value is -2.76. The highest BCUT2D eigenvalue weighted by atomic mass is 16.4. The van der Waals surface area contributed by atoms with Crippen molar-refractivity contribution in [3.8, 4) is 0 Å². The maximum absolute atomic E-state index is 8.93. The zero-order chi connectivity index (χ0) is 14.4. The number of H-pyrrole nitrogens is 1. The smallest absolute Gasteiger partial charge is 0.117 e. The van der Waals surface area contributed by atoms with Gasteiger partial charge in [0.25, 0.3) is 0 Å². The number of nitrogens with zero attached hydrogens (tertiary/aromatic N) is 4. The van der Waals surface area contributed by atoms with E-state index in [2.05, 4.69) is 25.3 Å². The Morgan fingerprint density at radius 2 is 2.05 bits per heavy atom. The summed E-state index contributed by atoms with van der Waals surface area (Å²) in [6, 6.07) is 9.43. The van der Waals surface area contributed by atoms with E-state index in [-0.39, 0.29) is 0 Å². The van der Waals surface area contributed by atoms with E-state index < -0.39 is 0 Å². The molecule has 0 fully saturated rings. The minimum absolute atomic E-state index is 0.395. The summed E-state index contributed by atoms with van der Waals surface area (Å²) in [6.45, 7) is 3.57. The van der Waals surface area contributed by atoms with Crippen LogP contribution in [0.4, 0.5) is 0 Å². The predicted molar refractivity (Wildman–Crippen MR) is 78.8 cm³/mol. The van der Waals surface area contributed by atoms with E-state index in [1.165, 1.54) is 0 Å². The highest BCUT2D eigenvalue weighted by Crippen LogP contribution is 2.04. The number of imidazole rings is 1. The zero-order valence-electron chi connectivity index (χ0n) is 11.3. The van der Waals surface area contributed by atoms with Gasteiger partial charge >= 0.3 is 0 Å². The first-order valence-corrected chi connectivity index (χ1v) is 6.08. The van der Waals surface area contributed by atoms with Crippen LogP contribution in [0.5, 0.6) is 0 Å². The molecule has 20 heavy (non-hydrogen) atoms. The van der Waals surface area contributed by atoms with Gasteiger partial charge in [0.05, 0.1) is 12.5 Å². The lowest BCUT2D eigenvalue weighted by atomic mass is 10.1. The van der Waals surface area contributed by atoms with Gasteiger partial charge in [0.2, 0.25) is 0 Å². The lowest BCUT2D eigenvalue weighted by Crippen LogP contribution is -2.11. The second-order valence-electron chi connectivity index (χ2n) is 4.16. The van der Waals surface area contributed by atoms with Gasteiger partial charge in [-0.1, -0.05) is 35.5 Å². The van der Waals surface area contributed by atoms with Crippen LogP contribution >= 0.6 is 0 Å². The maximum Gasteiger partial charge on any atom is 0.117 e. The molecule has 0 spiro atoms. The largest absolute Gasteiger partial charge is 0.411 e. The second kappa shape index (κ2) is 6.42. The van der Waals surface area contributed by atoms with Crippen molar-refractivity contribution in [2.45, 2.75) is 13.8 Å². The molecule has 0 saturated heterocycles. The van der Waals surface area contributed by atoms with Crippen LogP contribution in [0, 0.1) is 6.92 Å². The normalized spacial score (nSPS) is 13.1. The van der Waals surface area contributed by atoms with Crippen LogP contribution in [0.3, 0.4) is 0 Å². The molecule has 1 aromatic heterocycles. The summed E-state index contributed by atoms with van der Waals surface area (Å²) in [5.74, 6) is 0. The molecule has 6 nitrogen and oxygen atoms in total. The lowest BCUT2D eigenvalue weighted by Gasteiger charge is -2.02. The van der Waals surface area contributed by atoms with Gasteiger partial charge in [-0.3, -0.25) is 0 Å². The Bertz CT molecular complexity index is 655. The molecule has 0 aliphatic carbocycles. The predicted octanol–water partition coefficient (Wildman–Crippen LogP) is 2.39. The standard InChI is InChI=1S/C14H15N5O/c1-10-13(16-9-15-10)8-17-18-14(11(2)19-20)12-6-4-3-5-7-12/h3-9,20H,1-2H3,(H,15,16)/b17-8+,18-14-,19-11-. The van der Waals surface area contributed by atoms with E-state index in [9.17, 15) is 0 Å². The number of aromatic nitrogens is 2. The van der Waals surface area contributed by atoms with E-state index in [4.69, 9.17) is 5.21 Å². The molecule has 0 radical (unpaired) electrons. The number of nitrogens with one attached hydrogen (secondary N) is 1. The fourth-order valence-electron chi connectivity index (χ4n) is 1.62. The van der Waals surface area contributed by atoms with Crippen LogP contribution in [-0.2, 0) is 0 Å². The zero-order valence-corrected chi connectivity index (χ0v) is 11.3. The lowest BCUT2D eigenvalue weighted by molar-refractivity contribution is 0.320. The van der Waals surface area contributed by atoms with Crippen molar-refractivity contribution >= 4 is 17.6 Å². The number of oxime groups is 1. The van der Waals surface area contributed by atoms with Crippen molar-refractivity contribution in [2.24, 2.45) is 15.4 Å². The van der Waals surface area contributed by atoms with Gasteiger partial charge in [0.1, 0.15) is 17.1 Å². The third-order valence-electron chi connectivity index (χ3n) is 2.75. The molecule has 0 unspecified atom stereocenters. The molecule has 1 aromatic carbocycles. The topological polar surface area (TPSA) is 86.0 Å². The monoisotopic (exact) mass is 269 g/mol. The summed E-state index contributed by atoms with van der Waals surface area (Å²) < 4.78 is 0. The van der Waals surface area contributed by atoms with Gasteiger partial charge in [-0.05, 0) is 13.8 Å². The van der Waals surface area contributed by atoms with Crippen molar-refractivity contribution in [3.05, 3.63) is 53.6 Å². The first-order valence-electron chi connectivity index (χ1n) is 6.08. The minimum Gasteiger partial charge on any atom is -0.411 e. The summed E-state index contributed by atoms with van der Waals surface area (Å²) >= 11 is 0. The van der Waals surface area contributed by atoms with E-state index in [1.54, 1.807) is 19.5 Å². The first kappa shape index (κ1) is 13.7. The van der Waals surface area contributed by atoms with E-state index >= 15 is 0 Å². The molecular weight excluding hydrogens is 254 g/mol. The Balaban J connectivity index is 2.31. The van der Waals surface area contributed by atoms with Crippen molar-refractivity contribution in [2.75, 3.05) is 0 Å². The highest BCUT2D eigenvalue weighted by Gasteiger charge is 2.07. The summed E-state index contributed by atoms with van der Waals surface area (Å²) in [5.41, 5.74) is 3.38. The van der Waals surface area contributed by atoms with Crippen LogP contribution in [0.25, 0.3) is 0 Å². The second-order valence-corrected chi connectivity index (χ2v) is 4.16. The van der Waals surface area contributed by atoms with E-state index in [0.29, 0.717) is 11.4 Å². The molecule has 2 N–H and O–H groups in total. The number of hydrogen-bond acceptors (Lipinski definition) is 5. The molecule has 0 aliphatic heterocycles. The fraction of sp³-hybridized carbons (Fsp3) is 0.143. The van der Waals surface area contributed by atoms with Crippen molar-refractivity contribution in [3.63, 3.8) is 0 Å². The SMILES string of the molecule is CC(=N/O)/C(=N/N=C/c1nc[nH]c1C)c1ccccc1. The molecule has 0 amide bonds. The van der Waals surface area contributed by atoms with Crippen LogP contribution in [-0.4, -0.2) is 32.8 Å². The van der Waals surface area contributed by atoms with Crippen LogP contribution < -0.4 is 0 Å². The number of hydrogen-bond donors (Lipinski definition) is 2. The molecule has 0 atom stereocenters. The molecule has 2 aromatic rings. The van der Waals surface area contributed by atoms with Gasteiger partial charge in [-0.2, -0.15) is 5.10 Å². The third kappa shape index (κ3) is 3.17. The van der Waals surface area contributed by atoms with Gasteiger partial charge in [0, 0.05) is 11.3 Å². The molecule has 0 bridgehead atoms. The molecule has 1 heterocycles. The van der Waals surface area contributed by atoms with E-state index in [0.717, 1.165) is 17.0 Å². The number of rotatable bonds is 4. The molecule has 2 rings (SSSR count). The van der Waals surface area contributed by atoms with Crippen molar-refractivity contribution in [1.82, 2.24) is 9.97 Å². The van der Waals surface area contributed by atoms with Gasteiger partial charge < -0.3 is 10.2 Å². The molecule has 0 saturated carbocycles. The fourth-order valence-corrected chi connectivity index (χ4v) is 1.62. The Morgan fingerprint density at radius 3 is 2.65 bits per heavy atom. The third-order valence-corrected chi connectivity index (χ3v) is 2.75. The Labute approximate surface area is 116 Å². The molecule has 6 heteroatoms. The molecule has 102 valence electrons. The van der Waals surface area contributed by atoms with Gasteiger partial charge in [-0.25, -0.2) is 4.98 Å². The number of benzene rings is 1. The summed E-state index contributed by atoms with van der Waals surface area (Å²) in [7, 11) is 0. The first-order chi connectivity index (χ1) is 9.72. The minimum atomic E-state index is 0.395. The van der Waals surface area contributed by atoms with Crippen molar-refractivity contribution < 1.29 is 5.21 Å². The molecule has 0 aliphatic rings. The average Bonchev–Trinajstić information content (AvgIpc) is 2.89. The summed E-state index contributed by atoms with van der Waals surface area (Å²) in [5, 5.41) is 20.3. The summed E-state index contributed by atoms with van der Waals surface area (Å²) in [4.78, 5) is 7.05. The highest BCUT2D eigenvalue weighted by molar-refractivity contribution is 6.47. The van der Waals surface area contributed by atoms with Gasteiger partial charge in [0.15, 0.2) is 0 Å². The quantitative estimate of drug-likeness (QED) is 0.507. The summed E-state index contributed by atoms with van der Waals surface area (Å²) in [6.07, 6.45) is 3.15. The molecular formula is C14H15N5O. The number of aryl methyl sites for hydroxylation is 1. The Kier molecular flexibility index (Phi) is 4.39. The van der Waals surface area contributed by atoms with E-state index in [1.807, 2.05) is 37.3 Å². The van der Waals surface area contributed by atoms with Crippen molar-refractivity contribution in [1.29, 1.82) is 0 Å². The van der Waals surface area contributed by atoms with Gasteiger partial charge in [-0.15, -0.1) is 5.10 Å². The number of aromatic amines is 1.